The summed E-state index contributed by atoms with van der Waals surface area (Å²) in [5, 5.41) is 0. The van der Waals surface area contributed by atoms with Gasteiger partial charge in [0.15, 0.2) is 0 Å². The van der Waals surface area contributed by atoms with E-state index in [1.54, 1.807) is 0 Å². The molecular formula is C18H26O2. The number of allylic oxidation sites excluding steroid dienone is 2. The Bertz CT molecular complexity index is 416. The number of hydrogen-bond acceptors (Lipinski definition) is 2. The molecule has 2 nitrogen and oxygen atoms in total. The highest BCUT2D eigenvalue weighted by atomic mass is 16.5. The third-order valence-electron chi connectivity index (χ3n) is 3.28. The summed E-state index contributed by atoms with van der Waals surface area (Å²) in [6.07, 6.45) is 5.84. The van der Waals surface area contributed by atoms with E-state index in [9.17, 15) is 4.79 Å². The van der Waals surface area contributed by atoms with Crippen molar-refractivity contribution < 1.29 is 9.53 Å². The lowest BCUT2D eigenvalue weighted by Gasteiger charge is -2.10. The zero-order chi connectivity index (χ0) is 14.8. The number of benzene rings is 1. The summed E-state index contributed by atoms with van der Waals surface area (Å²) in [6.45, 7) is 6.98. The molecule has 1 atom stereocenters. The van der Waals surface area contributed by atoms with Crippen molar-refractivity contribution >= 4 is 5.97 Å². The normalized spacial score (nSPS) is 11.8. The molecule has 110 valence electrons. The monoisotopic (exact) mass is 274 g/mol. The molecule has 1 aromatic rings. The molecule has 1 aromatic carbocycles. The smallest absolute Gasteiger partial charge is 0.310 e. The first-order valence-electron chi connectivity index (χ1n) is 7.41. The SMILES string of the molecule is CC(C)=CCC[C@H](C)CCOC(=O)Cc1ccccc1. The average molecular weight is 274 g/mol. The van der Waals surface area contributed by atoms with E-state index in [2.05, 4.69) is 26.8 Å². The molecule has 0 bridgehead atoms. The fraction of sp³-hybridized carbons (Fsp3) is 0.500. The van der Waals surface area contributed by atoms with Crippen LogP contribution < -0.4 is 0 Å². The van der Waals surface area contributed by atoms with Gasteiger partial charge < -0.3 is 4.74 Å². The number of ether oxygens (including phenoxy) is 1. The molecule has 0 fully saturated rings. The number of carbonyl (C=O) groups excluding carboxylic acids is 1. The van der Waals surface area contributed by atoms with Crippen LogP contribution in [0.15, 0.2) is 42.0 Å². The van der Waals surface area contributed by atoms with Crippen LogP contribution >= 0.6 is 0 Å². The minimum absolute atomic E-state index is 0.132. The lowest BCUT2D eigenvalue weighted by molar-refractivity contribution is -0.143. The molecule has 0 heterocycles. The molecule has 0 radical (unpaired) electrons. The van der Waals surface area contributed by atoms with Gasteiger partial charge in [0.2, 0.25) is 0 Å². The largest absolute Gasteiger partial charge is 0.465 e. The number of esters is 1. The Morgan fingerprint density at radius 2 is 1.90 bits per heavy atom. The van der Waals surface area contributed by atoms with Crippen LogP contribution in [-0.4, -0.2) is 12.6 Å². The highest BCUT2D eigenvalue weighted by Gasteiger charge is 2.06. The van der Waals surface area contributed by atoms with Crippen molar-refractivity contribution in [3.05, 3.63) is 47.5 Å². The summed E-state index contributed by atoms with van der Waals surface area (Å²) in [7, 11) is 0. The van der Waals surface area contributed by atoms with E-state index in [4.69, 9.17) is 4.74 Å². The molecule has 0 N–H and O–H groups in total. The molecule has 0 unspecified atom stereocenters. The van der Waals surface area contributed by atoms with Gasteiger partial charge in [-0.1, -0.05) is 48.9 Å². The number of hydrogen-bond donors (Lipinski definition) is 0. The molecule has 0 aliphatic rings. The Hall–Kier alpha value is -1.57. The van der Waals surface area contributed by atoms with Crippen LogP contribution in [0, 0.1) is 5.92 Å². The van der Waals surface area contributed by atoms with Crippen molar-refractivity contribution in [2.75, 3.05) is 6.61 Å². The first-order chi connectivity index (χ1) is 9.58. The van der Waals surface area contributed by atoms with E-state index in [-0.39, 0.29) is 5.97 Å². The van der Waals surface area contributed by atoms with Crippen LogP contribution in [0.5, 0.6) is 0 Å². The fourth-order valence-electron chi connectivity index (χ4n) is 1.99. The van der Waals surface area contributed by atoms with Gasteiger partial charge in [-0.3, -0.25) is 4.79 Å². The zero-order valence-electron chi connectivity index (χ0n) is 12.9. The molecule has 2 heteroatoms. The van der Waals surface area contributed by atoms with Crippen LogP contribution in [0.2, 0.25) is 0 Å². The first-order valence-corrected chi connectivity index (χ1v) is 7.41. The maximum atomic E-state index is 11.7. The van der Waals surface area contributed by atoms with Gasteiger partial charge in [-0.15, -0.1) is 0 Å². The Morgan fingerprint density at radius 3 is 2.55 bits per heavy atom. The minimum Gasteiger partial charge on any atom is -0.465 e. The van der Waals surface area contributed by atoms with Crippen LogP contribution in [-0.2, 0) is 16.0 Å². The molecule has 0 saturated heterocycles. The fourth-order valence-corrected chi connectivity index (χ4v) is 1.99. The molecule has 0 amide bonds. The van der Waals surface area contributed by atoms with Crippen molar-refractivity contribution in [3.8, 4) is 0 Å². The maximum absolute atomic E-state index is 11.7. The second-order valence-corrected chi connectivity index (χ2v) is 5.64. The van der Waals surface area contributed by atoms with Gasteiger partial charge in [0.05, 0.1) is 13.0 Å². The maximum Gasteiger partial charge on any atom is 0.310 e. The van der Waals surface area contributed by atoms with E-state index in [0.29, 0.717) is 18.9 Å². The van der Waals surface area contributed by atoms with Gasteiger partial charge >= 0.3 is 5.97 Å². The van der Waals surface area contributed by atoms with Gasteiger partial charge in [-0.25, -0.2) is 0 Å². The molecule has 0 aromatic heterocycles. The molecule has 1 rings (SSSR count). The molecule has 0 saturated carbocycles. The molecule has 0 spiro atoms. The van der Waals surface area contributed by atoms with Crippen molar-refractivity contribution in [2.24, 2.45) is 5.92 Å². The minimum atomic E-state index is -0.132. The lowest BCUT2D eigenvalue weighted by Crippen LogP contribution is -2.11. The van der Waals surface area contributed by atoms with Crippen LogP contribution in [0.1, 0.15) is 45.6 Å². The standard InChI is InChI=1S/C18H26O2/c1-15(2)8-7-9-16(3)12-13-20-18(19)14-17-10-5-4-6-11-17/h4-6,8,10-11,16H,7,9,12-14H2,1-3H3/t16-/m0/s1. The van der Waals surface area contributed by atoms with E-state index >= 15 is 0 Å². The van der Waals surface area contributed by atoms with Gasteiger partial charge in [-0.2, -0.15) is 0 Å². The Kier molecular flexibility index (Phi) is 7.71. The summed E-state index contributed by atoms with van der Waals surface area (Å²) >= 11 is 0. The molecule has 20 heavy (non-hydrogen) atoms. The van der Waals surface area contributed by atoms with E-state index < -0.39 is 0 Å². The first kappa shape index (κ1) is 16.5. The van der Waals surface area contributed by atoms with E-state index in [1.807, 2.05) is 30.3 Å². The molecule has 0 aliphatic heterocycles. The summed E-state index contributed by atoms with van der Waals surface area (Å²) in [5.74, 6) is 0.461. The zero-order valence-corrected chi connectivity index (χ0v) is 12.9. The van der Waals surface area contributed by atoms with Gasteiger partial charge in [0.1, 0.15) is 0 Å². The summed E-state index contributed by atoms with van der Waals surface area (Å²) in [6, 6.07) is 9.72. The highest BCUT2D eigenvalue weighted by molar-refractivity contribution is 5.72. The van der Waals surface area contributed by atoms with E-state index in [0.717, 1.165) is 24.8 Å². The quantitative estimate of drug-likeness (QED) is 0.513. The Labute approximate surface area is 122 Å². The predicted octanol–water partition coefficient (Wildman–Crippen LogP) is 4.54. The van der Waals surface area contributed by atoms with Crippen LogP contribution in [0.25, 0.3) is 0 Å². The predicted molar refractivity (Wildman–Crippen MR) is 83.6 cm³/mol. The van der Waals surface area contributed by atoms with Gasteiger partial charge in [0.25, 0.3) is 0 Å². The van der Waals surface area contributed by atoms with Gasteiger partial charge in [0, 0.05) is 0 Å². The molecular weight excluding hydrogens is 248 g/mol. The highest BCUT2D eigenvalue weighted by Crippen LogP contribution is 2.12. The third kappa shape index (κ3) is 7.78. The summed E-state index contributed by atoms with van der Waals surface area (Å²) < 4.78 is 5.29. The van der Waals surface area contributed by atoms with Crippen molar-refractivity contribution in [1.82, 2.24) is 0 Å². The summed E-state index contributed by atoms with van der Waals surface area (Å²) in [4.78, 5) is 11.7. The van der Waals surface area contributed by atoms with Gasteiger partial charge in [-0.05, 0) is 44.6 Å². The van der Waals surface area contributed by atoms with Crippen molar-refractivity contribution in [3.63, 3.8) is 0 Å². The van der Waals surface area contributed by atoms with Crippen LogP contribution in [0.4, 0.5) is 0 Å². The summed E-state index contributed by atoms with van der Waals surface area (Å²) in [5.41, 5.74) is 2.38. The molecule has 0 aliphatic carbocycles. The van der Waals surface area contributed by atoms with Crippen LogP contribution in [0.3, 0.4) is 0 Å². The van der Waals surface area contributed by atoms with Crippen molar-refractivity contribution in [1.29, 1.82) is 0 Å². The topological polar surface area (TPSA) is 26.3 Å². The number of rotatable bonds is 8. The van der Waals surface area contributed by atoms with Crippen molar-refractivity contribution in [2.45, 2.75) is 46.5 Å². The third-order valence-corrected chi connectivity index (χ3v) is 3.28. The second kappa shape index (κ2) is 9.35. The lowest BCUT2D eigenvalue weighted by atomic mass is 10.0. The Balaban J connectivity index is 2.14. The van der Waals surface area contributed by atoms with E-state index in [1.165, 1.54) is 5.57 Å². The average Bonchev–Trinajstić information content (AvgIpc) is 2.39. The Morgan fingerprint density at radius 1 is 1.20 bits per heavy atom. The second-order valence-electron chi connectivity index (χ2n) is 5.64. The number of carbonyl (C=O) groups is 1.